The Labute approximate surface area is 218 Å². The molecular weight excluding hydrogens is 506 g/mol. The SMILES string of the molecule is Nc1nonc1-c1nc2ccccc2n1CC(=O)Nc1cccc(-c2noc(-c3ccccc3[N+](=O)[O-])n2)c1. The van der Waals surface area contributed by atoms with Gasteiger partial charge in [0.15, 0.2) is 17.3 Å². The van der Waals surface area contributed by atoms with E-state index in [1.165, 1.54) is 12.1 Å². The number of carbonyl (C=O) groups excluding carboxylic acids is 1. The van der Waals surface area contributed by atoms with Gasteiger partial charge in [0.1, 0.15) is 12.1 Å². The largest absolute Gasteiger partial charge is 0.379 e. The molecule has 3 aromatic carbocycles. The normalized spacial score (nSPS) is 11.1. The second-order valence-corrected chi connectivity index (χ2v) is 8.33. The summed E-state index contributed by atoms with van der Waals surface area (Å²) in [5.74, 6) is 0.262. The van der Waals surface area contributed by atoms with E-state index < -0.39 is 4.92 Å². The van der Waals surface area contributed by atoms with Crippen molar-refractivity contribution in [3.8, 4) is 34.4 Å². The number of benzene rings is 3. The predicted molar refractivity (Wildman–Crippen MR) is 138 cm³/mol. The number of carbonyl (C=O) groups is 1. The highest BCUT2D eigenvalue weighted by molar-refractivity contribution is 5.93. The van der Waals surface area contributed by atoms with Crippen molar-refractivity contribution in [3.05, 3.63) is 82.9 Å². The van der Waals surface area contributed by atoms with Gasteiger partial charge in [-0.2, -0.15) is 4.98 Å². The highest BCUT2D eigenvalue weighted by Gasteiger charge is 2.22. The number of nitrogens with two attached hydrogens (primary N) is 1. The Kier molecular flexibility index (Phi) is 5.73. The van der Waals surface area contributed by atoms with Crippen LogP contribution >= 0.6 is 0 Å². The van der Waals surface area contributed by atoms with Gasteiger partial charge in [-0.25, -0.2) is 9.61 Å². The van der Waals surface area contributed by atoms with E-state index in [9.17, 15) is 14.9 Å². The number of fused-ring (bicyclic) bond motifs is 1. The summed E-state index contributed by atoms with van der Waals surface area (Å²) in [6.45, 7) is -0.101. The molecule has 0 saturated heterocycles. The molecule has 0 unspecified atom stereocenters. The standard InChI is InChI=1S/C25H17N9O5/c26-22-21(30-39-31-22)24-28-17-9-2-4-11-19(17)33(24)13-20(35)27-15-7-5-6-14(12-15)23-29-25(38-32-23)16-8-1-3-10-18(16)34(36)37/h1-12H,13H2,(H2,26,31)(H,27,35). The zero-order valence-electron chi connectivity index (χ0n) is 19.9. The molecule has 192 valence electrons. The van der Waals surface area contributed by atoms with Crippen LogP contribution in [-0.4, -0.2) is 40.8 Å². The van der Waals surface area contributed by atoms with E-state index in [1.807, 2.05) is 24.3 Å². The number of aromatic nitrogens is 6. The summed E-state index contributed by atoms with van der Waals surface area (Å²) in [4.78, 5) is 32.8. The van der Waals surface area contributed by atoms with Gasteiger partial charge in [0.25, 0.3) is 11.6 Å². The van der Waals surface area contributed by atoms with E-state index in [4.69, 9.17) is 14.9 Å². The van der Waals surface area contributed by atoms with E-state index in [0.717, 1.165) is 0 Å². The third kappa shape index (κ3) is 4.42. The first-order valence-corrected chi connectivity index (χ1v) is 11.5. The van der Waals surface area contributed by atoms with Crippen molar-refractivity contribution < 1.29 is 18.9 Å². The first-order chi connectivity index (χ1) is 19.0. The number of nitrogens with zero attached hydrogens (tertiary/aromatic N) is 7. The second kappa shape index (κ2) is 9.51. The van der Waals surface area contributed by atoms with Gasteiger partial charge in [0.2, 0.25) is 11.7 Å². The van der Waals surface area contributed by atoms with Crippen LogP contribution in [0.5, 0.6) is 0 Å². The number of nitro groups is 1. The molecule has 0 fully saturated rings. The average molecular weight is 523 g/mol. The van der Waals surface area contributed by atoms with Crippen LogP contribution in [0.25, 0.3) is 45.4 Å². The summed E-state index contributed by atoms with van der Waals surface area (Å²) in [6.07, 6.45) is 0. The maximum Gasteiger partial charge on any atom is 0.282 e. The monoisotopic (exact) mass is 523 g/mol. The van der Waals surface area contributed by atoms with Crippen LogP contribution in [0.1, 0.15) is 0 Å². The minimum Gasteiger partial charge on any atom is -0.379 e. The van der Waals surface area contributed by atoms with E-state index in [2.05, 4.69) is 30.8 Å². The fourth-order valence-corrected chi connectivity index (χ4v) is 4.11. The molecule has 14 nitrogen and oxygen atoms in total. The highest BCUT2D eigenvalue weighted by atomic mass is 16.6. The van der Waals surface area contributed by atoms with Crippen molar-refractivity contribution in [1.82, 2.24) is 30.0 Å². The topological polar surface area (TPSA) is 194 Å². The van der Waals surface area contributed by atoms with Crippen molar-refractivity contribution in [2.45, 2.75) is 6.54 Å². The molecule has 0 spiro atoms. The van der Waals surface area contributed by atoms with E-state index >= 15 is 0 Å². The van der Waals surface area contributed by atoms with E-state index in [0.29, 0.717) is 28.1 Å². The lowest BCUT2D eigenvalue weighted by atomic mass is 10.1. The molecule has 6 aromatic rings. The molecule has 3 aromatic heterocycles. The van der Waals surface area contributed by atoms with Crippen molar-refractivity contribution in [1.29, 1.82) is 0 Å². The third-order valence-corrected chi connectivity index (χ3v) is 5.84. The van der Waals surface area contributed by atoms with Gasteiger partial charge < -0.3 is 20.1 Å². The smallest absolute Gasteiger partial charge is 0.282 e. The van der Waals surface area contributed by atoms with Gasteiger partial charge >= 0.3 is 0 Å². The van der Waals surface area contributed by atoms with Gasteiger partial charge in [0.05, 0.1) is 16.0 Å². The number of hydrogen-bond acceptors (Lipinski definition) is 11. The van der Waals surface area contributed by atoms with Crippen LogP contribution in [0.4, 0.5) is 17.2 Å². The van der Waals surface area contributed by atoms with Crippen LogP contribution in [-0.2, 0) is 11.3 Å². The molecule has 6 rings (SSSR count). The number of anilines is 2. The van der Waals surface area contributed by atoms with E-state index in [-0.39, 0.29) is 46.9 Å². The van der Waals surface area contributed by atoms with Crippen LogP contribution in [0.15, 0.2) is 81.9 Å². The summed E-state index contributed by atoms with van der Waals surface area (Å²) < 4.78 is 11.7. The molecule has 14 heteroatoms. The Morgan fingerprint density at radius 3 is 2.64 bits per heavy atom. The first-order valence-electron chi connectivity index (χ1n) is 11.5. The molecule has 0 bridgehead atoms. The highest BCUT2D eigenvalue weighted by Crippen LogP contribution is 2.31. The lowest BCUT2D eigenvalue weighted by molar-refractivity contribution is -0.384. The molecule has 0 aliphatic rings. The van der Waals surface area contributed by atoms with Gasteiger partial charge in [0, 0.05) is 17.3 Å². The summed E-state index contributed by atoms with van der Waals surface area (Å²) in [6, 6.07) is 20.2. The van der Waals surface area contributed by atoms with Crippen molar-refractivity contribution in [2.24, 2.45) is 0 Å². The molecule has 3 N–H and O–H groups in total. The molecule has 0 atom stereocenters. The van der Waals surface area contributed by atoms with Crippen LogP contribution < -0.4 is 11.1 Å². The molecule has 3 heterocycles. The molecule has 0 radical (unpaired) electrons. The second-order valence-electron chi connectivity index (χ2n) is 8.33. The number of rotatable bonds is 7. The Balaban J connectivity index is 1.26. The minimum atomic E-state index is -0.516. The van der Waals surface area contributed by atoms with Gasteiger partial charge in [-0.1, -0.05) is 41.6 Å². The lowest BCUT2D eigenvalue weighted by Crippen LogP contribution is -2.19. The summed E-state index contributed by atoms with van der Waals surface area (Å²) in [5.41, 5.74) is 8.53. The minimum absolute atomic E-state index is 0.00729. The lowest BCUT2D eigenvalue weighted by Gasteiger charge is -2.09. The van der Waals surface area contributed by atoms with Gasteiger partial charge in [-0.15, -0.1) is 0 Å². The molecule has 1 amide bonds. The zero-order chi connectivity index (χ0) is 26.9. The number of para-hydroxylation sites is 3. The van der Waals surface area contributed by atoms with Crippen LogP contribution in [0.3, 0.4) is 0 Å². The fraction of sp³-hybridized carbons (Fsp3) is 0.0400. The number of nitro benzene ring substituents is 1. The third-order valence-electron chi connectivity index (χ3n) is 5.84. The number of imidazole rings is 1. The summed E-state index contributed by atoms with van der Waals surface area (Å²) in [7, 11) is 0. The molecule has 0 aliphatic heterocycles. The van der Waals surface area contributed by atoms with Crippen molar-refractivity contribution in [3.63, 3.8) is 0 Å². The summed E-state index contributed by atoms with van der Waals surface area (Å²) >= 11 is 0. The fourth-order valence-electron chi connectivity index (χ4n) is 4.11. The molecular formula is C25H17N9O5. The Morgan fingerprint density at radius 1 is 1.00 bits per heavy atom. The van der Waals surface area contributed by atoms with Crippen molar-refractivity contribution >= 4 is 34.1 Å². The average Bonchev–Trinajstić information content (AvgIpc) is 3.68. The van der Waals surface area contributed by atoms with Gasteiger partial charge in [-0.3, -0.25) is 14.9 Å². The summed E-state index contributed by atoms with van der Waals surface area (Å²) in [5, 5.41) is 25.6. The number of hydrogen-bond donors (Lipinski definition) is 2. The molecule has 39 heavy (non-hydrogen) atoms. The quantitative estimate of drug-likeness (QED) is 0.227. The Morgan fingerprint density at radius 2 is 1.82 bits per heavy atom. The zero-order valence-corrected chi connectivity index (χ0v) is 19.9. The number of amides is 1. The predicted octanol–water partition coefficient (Wildman–Crippen LogP) is 3.93. The van der Waals surface area contributed by atoms with Gasteiger partial charge in [-0.05, 0) is 40.6 Å². The van der Waals surface area contributed by atoms with Crippen LogP contribution in [0, 0.1) is 10.1 Å². The maximum atomic E-state index is 13.1. The first kappa shape index (κ1) is 23.5. The Bertz CT molecular complexity index is 1860. The Hall–Kier alpha value is -5.92. The number of nitrogen functional groups attached to an aromatic ring is 1. The molecule has 0 saturated carbocycles. The van der Waals surface area contributed by atoms with Crippen molar-refractivity contribution in [2.75, 3.05) is 11.1 Å². The molecule has 0 aliphatic carbocycles. The number of nitrogens with one attached hydrogen (secondary N) is 1. The van der Waals surface area contributed by atoms with Crippen LogP contribution in [0.2, 0.25) is 0 Å². The maximum absolute atomic E-state index is 13.1. The van der Waals surface area contributed by atoms with E-state index in [1.54, 1.807) is 41.0 Å².